The second-order valence-electron chi connectivity index (χ2n) is 3.31. The van der Waals surface area contributed by atoms with Gasteiger partial charge in [0.1, 0.15) is 11.6 Å². The Balaban J connectivity index is 2.38. The lowest BCUT2D eigenvalue weighted by atomic mass is 10.1. The summed E-state index contributed by atoms with van der Waals surface area (Å²) >= 11 is -0.830. The van der Waals surface area contributed by atoms with Crippen LogP contribution in [0.3, 0.4) is 0 Å². The molecule has 1 atom stereocenters. The topological polar surface area (TPSA) is 51.7 Å². The summed E-state index contributed by atoms with van der Waals surface area (Å²) in [7, 11) is 0. The third-order valence-electron chi connectivity index (χ3n) is 2.13. The molecule has 0 bridgehead atoms. The van der Waals surface area contributed by atoms with Crippen molar-refractivity contribution >= 4 is 11.2 Å². The molecule has 0 spiro atoms. The average molecular weight is 220 g/mol. The zero-order valence-corrected chi connectivity index (χ0v) is 9.25. The standard InChI is InChI=1S/C11H12N2OS/c1-15(14)8-9-4-2-3-5-10(9)11-12-6-7-13-11/h2-7H,8H2,1H3,(H,12,13). The van der Waals surface area contributed by atoms with Crippen LogP contribution in [-0.4, -0.2) is 20.8 Å². The van der Waals surface area contributed by atoms with E-state index in [1.54, 1.807) is 18.6 Å². The lowest BCUT2D eigenvalue weighted by molar-refractivity contribution is 0.600. The van der Waals surface area contributed by atoms with Crippen molar-refractivity contribution in [2.45, 2.75) is 5.75 Å². The number of hydrogen-bond acceptors (Lipinski definition) is 2. The lowest BCUT2D eigenvalue weighted by Gasteiger charge is -2.08. The summed E-state index contributed by atoms with van der Waals surface area (Å²) in [5.74, 6) is 1.40. The molecule has 0 aliphatic carbocycles. The fourth-order valence-electron chi connectivity index (χ4n) is 1.51. The molecule has 15 heavy (non-hydrogen) atoms. The van der Waals surface area contributed by atoms with E-state index in [0.29, 0.717) is 5.75 Å². The monoisotopic (exact) mass is 220 g/mol. The highest BCUT2D eigenvalue weighted by Crippen LogP contribution is 2.21. The number of benzene rings is 1. The van der Waals surface area contributed by atoms with E-state index in [1.165, 1.54) is 0 Å². The van der Waals surface area contributed by atoms with Gasteiger partial charge in [0.15, 0.2) is 0 Å². The Labute approximate surface area is 91.7 Å². The molecule has 3 nitrogen and oxygen atoms in total. The molecule has 1 N–H and O–H groups in total. The van der Waals surface area contributed by atoms with Gasteiger partial charge in [0, 0.05) is 23.5 Å². The third-order valence-corrected chi connectivity index (χ3v) is 2.85. The maximum atomic E-state index is 11.2. The largest absolute Gasteiger partial charge is 0.616 e. The molecule has 0 radical (unpaired) electrons. The SMILES string of the molecule is C[S+]([O-])Cc1ccccc1-c1ncc[nH]1. The maximum Gasteiger partial charge on any atom is 0.137 e. The molecule has 0 aliphatic rings. The van der Waals surface area contributed by atoms with Crippen LogP contribution >= 0.6 is 0 Å². The summed E-state index contributed by atoms with van der Waals surface area (Å²) < 4.78 is 11.2. The van der Waals surface area contributed by atoms with Crippen LogP contribution in [0, 0.1) is 0 Å². The van der Waals surface area contributed by atoms with Crippen LogP contribution < -0.4 is 0 Å². The highest BCUT2D eigenvalue weighted by Gasteiger charge is 2.09. The van der Waals surface area contributed by atoms with Gasteiger partial charge in [-0.3, -0.25) is 0 Å². The van der Waals surface area contributed by atoms with Crippen molar-refractivity contribution < 1.29 is 4.55 Å². The van der Waals surface area contributed by atoms with E-state index in [1.807, 2.05) is 24.3 Å². The molecule has 1 unspecified atom stereocenters. The van der Waals surface area contributed by atoms with E-state index in [2.05, 4.69) is 9.97 Å². The summed E-state index contributed by atoms with van der Waals surface area (Å²) in [6.07, 6.45) is 5.21. The van der Waals surface area contributed by atoms with Crippen molar-refractivity contribution in [3.05, 3.63) is 42.2 Å². The number of imidazole rings is 1. The zero-order valence-electron chi connectivity index (χ0n) is 8.43. The Hall–Kier alpha value is -1.26. The zero-order chi connectivity index (χ0) is 10.7. The minimum atomic E-state index is -0.830. The van der Waals surface area contributed by atoms with E-state index >= 15 is 0 Å². The molecule has 78 valence electrons. The Morgan fingerprint density at radius 1 is 1.40 bits per heavy atom. The summed E-state index contributed by atoms with van der Waals surface area (Å²) in [4.78, 5) is 7.26. The molecule has 0 saturated carbocycles. The first-order valence-electron chi connectivity index (χ1n) is 4.65. The predicted molar refractivity (Wildman–Crippen MR) is 61.8 cm³/mol. The highest BCUT2D eigenvalue weighted by molar-refractivity contribution is 7.89. The Morgan fingerprint density at radius 2 is 2.20 bits per heavy atom. The smallest absolute Gasteiger partial charge is 0.137 e. The first-order valence-corrected chi connectivity index (χ1v) is 6.38. The number of aromatic nitrogens is 2. The number of nitrogens with zero attached hydrogens (tertiary/aromatic N) is 1. The van der Waals surface area contributed by atoms with Gasteiger partial charge >= 0.3 is 0 Å². The Bertz CT molecular complexity index is 426. The van der Waals surface area contributed by atoms with Crippen LogP contribution in [0.2, 0.25) is 0 Å². The van der Waals surface area contributed by atoms with E-state index in [4.69, 9.17) is 0 Å². The summed E-state index contributed by atoms with van der Waals surface area (Å²) in [5.41, 5.74) is 2.09. The van der Waals surface area contributed by atoms with Gasteiger partial charge in [-0.1, -0.05) is 35.4 Å². The molecule has 1 aromatic heterocycles. The number of H-pyrrole nitrogens is 1. The number of aromatic amines is 1. The molecule has 1 heterocycles. The molecule has 0 fully saturated rings. The van der Waals surface area contributed by atoms with Gasteiger partial charge in [0.05, 0.1) is 6.26 Å². The van der Waals surface area contributed by atoms with Crippen LogP contribution in [-0.2, 0) is 16.9 Å². The molecule has 2 aromatic rings. The van der Waals surface area contributed by atoms with Crippen LogP contribution in [0.25, 0.3) is 11.4 Å². The number of rotatable bonds is 3. The van der Waals surface area contributed by atoms with Crippen molar-refractivity contribution in [3.8, 4) is 11.4 Å². The minimum absolute atomic E-state index is 0.566. The molecule has 4 heteroatoms. The first kappa shape index (κ1) is 10.3. The summed E-state index contributed by atoms with van der Waals surface area (Å²) in [6.45, 7) is 0. The molecule has 2 rings (SSSR count). The Kier molecular flexibility index (Phi) is 3.08. The van der Waals surface area contributed by atoms with E-state index in [0.717, 1.165) is 17.0 Å². The second-order valence-corrected chi connectivity index (χ2v) is 4.75. The van der Waals surface area contributed by atoms with Gasteiger partial charge in [-0.25, -0.2) is 4.98 Å². The van der Waals surface area contributed by atoms with Gasteiger partial charge in [0.2, 0.25) is 0 Å². The molecule has 0 amide bonds. The van der Waals surface area contributed by atoms with Crippen molar-refractivity contribution in [3.63, 3.8) is 0 Å². The summed E-state index contributed by atoms with van der Waals surface area (Å²) in [6, 6.07) is 7.88. The fourth-order valence-corrected chi connectivity index (χ4v) is 2.20. The molecule has 0 saturated heterocycles. The van der Waals surface area contributed by atoms with Crippen LogP contribution in [0.5, 0.6) is 0 Å². The lowest BCUT2D eigenvalue weighted by Crippen LogP contribution is -2.02. The fraction of sp³-hybridized carbons (Fsp3) is 0.182. The molecular weight excluding hydrogens is 208 g/mol. The van der Waals surface area contributed by atoms with Crippen molar-refractivity contribution in [1.82, 2.24) is 9.97 Å². The maximum absolute atomic E-state index is 11.2. The van der Waals surface area contributed by atoms with Crippen molar-refractivity contribution in [1.29, 1.82) is 0 Å². The van der Waals surface area contributed by atoms with Gasteiger partial charge in [-0.2, -0.15) is 0 Å². The Morgan fingerprint density at radius 3 is 2.87 bits per heavy atom. The second kappa shape index (κ2) is 4.51. The van der Waals surface area contributed by atoms with E-state index in [-0.39, 0.29) is 0 Å². The van der Waals surface area contributed by atoms with Gasteiger partial charge in [-0.15, -0.1) is 0 Å². The first-order chi connectivity index (χ1) is 7.27. The van der Waals surface area contributed by atoms with Crippen LogP contribution in [0.1, 0.15) is 5.56 Å². The van der Waals surface area contributed by atoms with Crippen molar-refractivity contribution in [2.24, 2.45) is 0 Å². The van der Waals surface area contributed by atoms with E-state index in [9.17, 15) is 4.55 Å². The quantitative estimate of drug-likeness (QED) is 0.804. The van der Waals surface area contributed by atoms with Gasteiger partial charge in [0.25, 0.3) is 0 Å². The predicted octanol–water partition coefficient (Wildman–Crippen LogP) is 1.96. The van der Waals surface area contributed by atoms with Crippen LogP contribution in [0.15, 0.2) is 36.7 Å². The van der Waals surface area contributed by atoms with Crippen LogP contribution in [0.4, 0.5) is 0 Å². The number of hydrogen-bond donors (Lipinski definition) is 1. The van der Waals surface area contributed by atoms with Gasteiger partial charge < -0.3 is 9.54 Å². The normalized spacial score (nSPS) is 12.7. The highest BCUT2D eigenvalue weighted by atomic mass is 32.2. The van der Waals surface area contributed by atoms with Gasteiger partial charge in [-0.05, 0) is 0 Å². The third kappa shape index (κ3) is 2.40. The average Bonchev–Trinajstić information content (AvgIpc) is 2.70. The van der Waals surface area contributed by atoms with E-state index < -0.39 is 11.2 Å². The molecular formula is C11H12N2OS. The molecule has 0 aliphatic heterocycles. The summed E-state index contributed by atoms with van der Waals surface area (Å²) in [5, 5.41) is 0. The minimum Gasteiger partial charge on any atom is -0.616 e. The number of nitrogens with one attached hydrogen (secondary N) is 1. The van der Waals surface area contributed by atoms with Crippen molar-refractivity contribution in [2.75, 3.05) is 6.26 Å². The molecule has 1 aromatic carbocycles.